The summed E-state index contributed by atoms with van der Waals surface area (Å²) in [6, 6.07) is 4.21. The van der Waals surface area contributed by atoms with Crippen LogP contribution in [0.3, 0.4) is 0 Å². The van der Waals surface area contributed by atoms with E-state index >= 15 is 0 Å². The van der Waals surface area contributed by atoms with Crippen LogP contribution >= 0.6 is 0 Å². The van der Waals surface area contributed by atoms with E-state index in [9.17, 15) is 14.4 Å². The zero-order valence-electron chi connectivity index (χ0n) is 17.1. The molecule has 0 bridgehead atoms. The van der Waals surface area contributed by atoms with Gasteiger partial charge in [-0.05, 0) is 38.3 Å². The van der Waals surface area contributed by atoms with Gasteiger partial charge in [0.25, 0.3) is 5.91 Å². The van der Waals surface area contributed by atoms with Gasteiger partial charge in [-0.3, -0.25) is 14.9 Å². The van der Waals surface area contributed by atoms with Gasteiger partial charge in [-0.15, -0.1) is 0 Å². The number of esters is 1. The van der Waals surface area contributed by atoms with Gasteiger partial charge in [0, 0.05) is 18.2 Å². The van der Waals surface area contributed by atoms with E-state index in [2.05, 4.69) is 10.6 Å². The number of urea groups is 1. The minimum absolute atomic E-state index is 0.302. The SMILES string of the molecule is CCOc1ccc(NC(=O)NC(=O)COC(=O)CCC2CCCC2)cc1OCC. The number of anilines is 1. The monoisotopic (exact) mass is 406 g/mol. The third-order valence-electron chi connectivity index (χ3n) is 4.65. The lowest BCUT2D eigenvalue weighted by atomic mass is 10.0. The minimum Gasteiger partial charge on any atom is -0.490 e. The molecule has 0 heterocycles. The average Bonchev–Trinajstić information content (AvgIpc) is 3.20. The quantitative estimate of drug-likeness (QED) is 0.575. The molecule has 1 aromatic carbocycles. The number of benzene rings is 1. The van der Waals surface area contributed by atoms with Crippen LogP contribution in [-0.2, 0) is 14.3 Å². The molecule has 0 saturated heterocycles. The summed E-state index contributed by atoms with van der Waals surface area (Å²) in [6.45, 7) is 4.16. The van der Waals surface area contributed by atoms with Crippen LogP contribution in [0.2, 0.25) is 0 Å². The summed E-state index contributed by atoms with van der Waals surface area (Å²) in [5, 5.41) is 4.68. The standard InChI is InChI=1S/C21H30N2O6/c1-3-27-17-11-10-16(13-18(17)28-4-2)22-21(26)23-19(24)14-29-20(25)12-9-15-7-5-6-8-15/h10-11,13,15H,3-9,12,14H2,1-2H3,(H2,22,23,24,26). The maximum absolute atomic E-state index is 12.0. The summed E-state index contributed by atoms with van der Waals surface area (Å²) in [4.78, 5) is 35.6. The smallest absolute Gasteiger partial charge is 0.325 e. The molecule has 0 aromatic heterocycles. The van der Waals surface area contributed by atoms with Gasteiger partial charge in [-0.2, -0.15) is 0 Å². The Bertz CT molecular complexity index is 700. The zero-order valence-corrected chi connectivity index (χ0v) is 17.1. The number of hydrogen-bond donors (Lipinski definition) is 2. The fraction of sp³-hybridized carbons (Fsp3) is 0.571. The summed E-state index contributed by atoms with van der Waals surface area (Å²) >= 11 is 0. The van der Waals surface area contributed by atoms with Crippen LogP contribution in [0.4, 0.5) is 10.5 Å². The highest BCUT2D eigenvalue weighted by molar-refractivity contribution is 6.02. The Kier molecular flexibility index (Phi) is 9.27. The summed E-state index contributed by atoms with van der Waals surface area (Å²) < 4.78 is 15.9. The van der Waals surface area contributed by atoms with Gasteiger partial charge in [0.1, 0.15) is 0 Å². The van der Waals surface area contributed by atoms with Gasteiger partial charge in [0.15, 0.2) is 18.1 Å². The number of ether oxygens (including phenoxy) is 3. The van der Waals surface area contributed by atoms with Crippen LogP contribution in [0.15, 0.2) is 18.2 Å². The van der Waals surface area contributed by atoms with Crippen LogP contribution in [-0.4, -0.2) is 37.7 Å². The molecule has 1 aliphatic rings. The second kappa shape index (κ2) is 11.9. The van der Waals surface area contributed by atoms with Crippen molar-refractivity contribution in [3.8, 4) is 11.5 Å². The van der Waals surface area contributed by atoms with E-state index in [0.717, 1.165) is 19.3 Å². The van der Waals surface area contributed by atoms with E-state index in [0.29, 0.717) is 42.7 Å². The average molecular weight is 406 g/mol. The lowest BCUT2D eigenvalue weighted by Crippen LogP contribution is -2.37. The molecule has 29 heavy (non-hydrogen) atoms. The lowest BCUT2D eigenvalue weighted by Gasteiger charge is -2.13. The Balaban J connectivity index is 1.74. The van der Waals surface area contributed by atoms with E-state index in [1.165, 1.54) is 12.8 Å². The highest BCUT2D eigenvalue weighted by atomic mass is 16.5. The molecule has 0 unspecified atom stereocenters. The lowest BCUT2D eigenvalue weighted by molar-refractivity contribution is -0.148. The molecular weight excluding hydrogens is 376 g/mol. The fourth-order valence-electron chi connectivity index (χ4n) is 3.29. The van der Waals surface area contributed by atoms with Crippen LogP contribution in [0, 0.1) is 5.92 Å². The van der Waals surface area contributed by atoms with Gasteiger partial charge in [0.05, 0.1) is 13.2 Å². The van der Waals surface area contributed by atoms with Crippen molar-refractivity contribution in [3.05, 3.63) is 18.2 Å². The van der Waals surface area contributed by atoms with E-state index in [1.807, 2.05) is 13.8 Å². The Morgan fingerprint density at radius 2 is 1.72 bits per heavy atom. The number of carbonyl (C=O) groups excluding carboxylic acids is 3. The molecule has 3 amide bonds. The first-order chi connectivity index (χ1) is 14.0. The third-order valence-corrected chi connectivity index (χ3v) is 4.65. The third kappa shape index (κ3) is 8.01. The first-order valence-electron chi connectivity index (χ1n) is 10.2. The zero-order chi connectivity index (χ0) is 21.1. The van der Waals surface area contributed by atoms with Gasteiger partial charge < -0.3 is 19.5 Å². The van der Waals surface area contributed by atoms with E-state index in [-0.39, 0.29) is 0 Å². The number of carbonyl (C=O) groups is 3. The van der Waals surface area contributed by atoms with E-state index in [4.69, 9.17) is 14.2 Å². The highest BCUT2D eigenvalue weighted by Gasteiger charge is 2.17. The van der Waals surface area contributed by atoms with Crippen LogP contribution < -0.4 is 20.1 Å². The van der Waals surface area contributed by atoms with Crippen molar-refractivity contribution in [3.63, 3.8) is 0 Å². The van der Waals surface area contributed by atoms with E-state index < -0.39 is 24.5 Å². The molecule has 8 nitrogen and oxygen atoms in total. The first-order valence-corrected chi connectivity index (χ1v) is 10.2. The molecule has 160 valence electrons. The summed E-state index contributed by atoms with van der Waals surface area (Å²) in [7, 11) is 0. The number of rotatable bonds is 10. The predicted octanol–water partition coefficient (Wildman–Crippen LogP) is 3.65. The largest absolute Gasteiger partial charge is 0.490 e. The maximum atomic E-state index is 12.0. The molecule has 0 radical (unpaired) electrons. The van der Waals surface area contributed by atoms with Gasteiger partial charge in [0.2, 0.25) is 0 Å². The van der Waals surface area contributed by atoms with Crippen LogP contribution in [0.5, 0.6) is 11.5 Å². The molecule has 1 aromatic rings. The molecule has 0 aliphatic heterocycles. The van der Waals surface area contributed by atoms with Crippen molar-refractivity contribution in [2.24, 2.45) is 5.92 Å². The van der Waals surface area contributed by atoms with E-state index in [1.54, 1.807) is 18.2 Å². The Hall–Kier alpha value is -2.77. The number of hydrogen-bond acceptors (Lipinski definition) is 6. The topological polar surface area (TPSA) is 103 Å². The van der Waals surface area contributed by atoms with Gasteiger partial charge in [-0.1, -0.05) is 25.7 Å². The number of imide groups is 1. The van der Waals surface area contributed by atoms with Crippen LogP contribution in [0.25, 0.3) is 0 Å². The normalized spacial score (nSPS) is 13.6. The second-order valence-electron chi connectivity index (χ2n) is 6.88. The fourth-order valence-corrected chi connectivity index (χ4v) is 3.29. The molecule has 0 spiro atoms. The maximum Gasteiger partial charge on any atom is 0.325 e. The first kappa shape index (κ1) is 22.5. The molecule has 1 saturated carbocycles. The summed E-state index contributed by atoms with van der Waals surface area (Å²) in [5.74, 6) is 0.543. The van der Waals surface area contributed by atoms with Crippen molar-refractivity contribution in [1.82, 2.24) is 5.32 Å². The van der Waals surface area contributed by atoms with Crippen molar-refractivity contribution >= 4 is 23.6 Å². The van der Waals surface area contributed by atoms with Crippen molar-refractivity contribution in [2.75, 3.05) is 25.1 Å². The Morgan fingerprint density at radius 3 is 2.41 bits per heavy atom. The molecule has 1 fully saturated rings. The molecule has 1 aliphatic carbocycles. The molecule has 2 N–H and O–H groups in total. The van der Waals surface area contributed by atoms with Crippen molar-refractivity contribution in [2.45, 2.75) is 52.4 Å². The minimum atomic E-state index is -0.719. The highest BCUT2D eigenvalue weighted by Crippen LogP contribution is 2.30. The predicted molar refractivity (Wildman–Crippen MR) is 108 cm³/mol. The molecule has 0 atom stereocenters. The number of amides is 3. The second-order valence-corrected chi connectivity index (χ2v) is 6.88. The Labute approximate surface area is 171 Å². The Morgan fingerprint density at radius 1 is 1.03 bits per heavy atom. The molecule has 8 heteroatoms. The number of nitrogens with one attached hydrogen (secondary N) is 2. The van der Waals surface area contributed by atoms with Crippen molar-refractivity contribution in [1.29, 1.82) is 0 Å². The molecule has 2 rings (SSSR count). The summed E-state index contributed by atoms with van der Waals surface area (Å²) in [6.07, 6.45) is 5.85. The summed E-state index contributed by atoms with van der Waals surface area (Å²) in [5.41, 5.74) is 0.441. The van der Waals surface area contributed by atoms with Crippen molar-refractivity contribution < 1.29 is 28.6 Å². The van der Waals surface area contributed by atoms with Crippen LogP contribution in [0.1, 0.15) is 52.4 Å². The molecular formula is C21H30N2O6. The van der Waals surface area contributed by atoms with Gasteiger partial charge in [-0.25, -0.2) is 4.79 Å². The van der Waals surface area contributed by atoms with Gasteiger partial charge >= 0.3 is 12.0 Å².